The molecule has 0 unspecified atom stereocenters. The Balaban J connectivity index is 2.09. The molecule has 0 spiro atoms. The summed E-state index contributed by atoms with van der Waals surface area (Å²) >= 11 is 6.26. The molecule has 1 N–H and O–H groups in total. The van der Waals surface area contributed by atoms with Crippen LogP contribution in [0.4, 0.5) is 5.82 Å². The van der Waals surface area contributed by atoms with Gasteiger partial charge in [-0.1, -0.05) is 18.5 Å². The summed E-state index contributed by atoms with van der Waals surface area (Å²) in [6, 6.07) is 2.02. The summed E-state index contributed by atoms with van der Waals surface area (Å²) in [6.45, 7) is 6.06. The quantitative estimate of drug-likeness (QED) is 0.875. The number of nitrogens with zero attached hydrogens (tertiary/aromatic N) is 2. The molecule has 1 aromatic rings. The molecule has 3 nitrogen and oxygen atoms in total. The van der Waals surface area contributed by atoms with E-state index in [1.54, 1.807) is 0 Å². The first-order valence-electron chi connectivity index (χ1n) is 5.91. The largest absolute Gasteiger partial charge is 0.355 e. The van der Waals surface area contributed by atoms with Crippen molar-refractivity contribution in [1.29, 1.82) is 0 Å². The first-order chi connectivity index (χ1) is 7.81. The highest BCUT2D eigenvalue weighted by Crippen LogP contribution is 2.26. The maximum atomic E-state index is 6.26. The van der Waals surface area contributed by atoms with Gasteiger partial charge in [0.2, 0.25) is 0 Å². The van der Waals surface area contributed by atoms with Crippen molar-refractivity contribution in [2.75, 3.05) is 24.5 Å². The van der Waals surface area contributed by atoms with Gasteiger partial charge in [0.25, 0.3) is 0 Å². The fourth-order valence-corrected chi connectivity index (χ4v) is 2.31. The standard InChI is InChI=1S/C12H18ClN3/c1-2-14-8-10-7-11(13)12(15-9-10)16-5-3-4-6-16/h7,9,14H,2-6,8H2,1H3. The Morgan fingerprint density at radius 3 is 2.81 bits per heavy atom. The van der Waals surface area contributed by atoms with E-state index in [0.717, 1.165) is 42.6 Å². The van der Waals surface area contributed by atoms with Crippen LogP contribution in [-0.2, 0) is 6.54 Å². The molecule has 0 radical (unpaired) electrons. The summed E-state index contributed by atoms with van der Waals surface area (Å²) in [5.41, 5.74) is 1.15. The molecule has 16 heavy (non-hydrogen) atoms. The molecule has 2 rings (SSSR count). The second-order valence-electron chi connectivity index (χ2n) is 4.12. The monoisotopic (exact) mass is 239 g/mol. The van der Waals surface area contributed by atoms with Crippen LogP contribution in [0.1, 0.15) is 25.3 Å². The molecule has 1 saturated heterocycles. The van der Waals surface area contributed by atoms with Crippen LogP contribution < -0.4 is 10.2 Å². The first-order valence-corrected chi connectivity index (χ1v) is 6.29. The molecule has 1 aromatic heterocycles. The zero-order valence-electron chi connectivity index (χ0n) is 9.67. The van der Waals surface area contributed by atoms with Crippen LogP contribution in [0.5, 0.6) is 0 Å². The summed E-state index contributed by atoms with van der Waals surface area (Å²) < 4.78 is 0. The highest BCUT2D eigenvalue weighted by Gasteiger charge is 2.16. The molecule has 88 valence electrons. The minimum Gasteiger partial charge on any atom is -0.355 e. The van der Waals surface area contributed by atoms with Crippen LogP contribution in [0.3, 0.4) is 0 Å². The number of hydrogen-bond acceptors (Lipinski definition) is 3. The molecule has 0 amide bonds. The second kappa shape index (κ2) is 5.51. The third-order valence-electron chi connectivity index (χ3n) is 2.86. The molecule has 2 heterocycles. The first kappa shape index (κ1) is 11.7. The molecule has 0 aliphatic carbocycles. The summed E-state index contributed by atoms with van der Waals surface area (Å²) in [5, 5.41) is 4.04. The SMILES string of the molecule is CCNCc1cnc(N2CCCC2)c(Cl)c1. The minimum atomic E-state index is 0.775. The molecule has 1 aliphatic rings. The van der Waals surface area contributed by atoms with Crippen molar-refractivity contribution < 1.29 is 0 Å². The van der Waals surface area contributed by atoms with Gasteiger partial charge in [-0.15, -0.1) is 0 Å². The molecule has 0 atom stereocenters. The maximum Gasteiger partial charge on any atom is 0.147 e. The lowest BCUT2D eigenvalue weighted by Gasteiger charge is -2.18. The van der Waals surface area contributed by atoms with Crippen molar-refractivity contribution in [2.24, 2.45) is 0 Å². The van der Waals surface area contributed by atoms with Gasteiger partial charge in [-0.3, -0.25) is 0 Å². The van der Waals surface area contributed by atoms with Gasteiger partial charge in [0.1, 0.15) is 5.82 Å². The van der Waals surface area contributed by atoms with Gasteiger partial charge in [-0.05, 0) is 31.0 Å². The Kier molecular flexibility index (Phi) is 4.02. The van der Waals surface area contributed by atoms with Crippen LogP contribution in [0.2, 0.25) is 5.02 Å². The van der Waals surface area contributed by atoms with E-state index in [2.05, 4.69) is 22.1 Å². The third-order valence-corrected chi connectivity index (χ3v) is 3.14. The van der Waals surface area contributed by atoms with Crippen molar-refractivity contribution in [2.45, 2.75) is 26.3 Å². The van der Waals surface area contributed by atoms with Gasteiger partial charge in [-0.25, -0.2) is 4.98 Å². The Hall–Kier alpha value is -0.800. The molecular weight excluding hydrogens is 222 g/mol. The van der Waals surface area contributed by atoms with E-state index in [1.165, 1.54) is 12.8 Å². The Morgan fingerprint density at radius 1 is 1.44 bits per heavy atom. The predicted molar refractivity (Wildman–Crippen MR) is 68.1 cm³/mol. The van der Waals surface area contributed by atoms with E-state index in [-0.39, 0.29) is 0 Å². The average molecular weight is 240 g/mol. The fourth-order valence-electron chi connectivity index (χ4n) is 2.00. The number of anilines is 1. The predicted octanol–water partition coefficient (Wildman–Crippen LogP) is 2.44. The topological polar surface area (TPSA) is 28.2 Å². The van der Waals surface area contributed by atoms with Gasteiger partial charge in [-0.2, -0.15) is 0 Å². The van der Waals surface area contributed by atoms with Crippen LogP contribution >= 0.6 is 11.6 Å². The zero-order chi connectivity index (χ0) is 11.4. The van der Waals surface area contributed by atoms with E-state index < -0.39 is 0 Å². The number of halogens is 1. The summed E-state index contributed by atoms with van der Waals surface area (Å²) in [7, 11) is 0. The zero-order valence-corrected chi connectivity index (χ0v) is 10.4. The molecule has 0 saturated carbocycles. The molecule has 0 bridgehead atoms. The molecule has 0 aromatic carbocycles. The Bertz CT molecular complexity index is 348. The van der Waals surface area contributed by atoms with Crippen molar-refractivity contribution in [3.05, 3.63) is 22.8 Å². The Morgan fingerprint density at radius 2 is 2.19 bits per heavy atom. The maximum absolute atomic E-state index is 6.26. The van der Waals surface area contributed by atoms with Crippen LogP contribution in [0, 0.1) is 0 Å². The summed E-state index contributed by atoms with van der Waals surface area (Å²) in [6.07, 6.45) is 4.41. The van der Waals surface area contributed by atoms with Crippen molar-refractivity contribution in [3.8, 4) is 0 Å². The van der Waals surface area contributed by atoms with Gasteiger partial charge in [0.05, 0.1) is 5.02 Å². The van der Waals surface area contributed by atoms with Gasteiger partial charge >= 0.3 is 0 Å². The van der Waals surface area contributed by atoms with Crippen molar-refractivity contribution in [3.63, 3.8) is 0 Å². The molecule has 1 fully saturated rings. The normalized spacial score (nSPS) is 15.8. The van der Waals surface area contributed by atoms with Crippen molar-refractivity contribution in [1.82, 2.24) is 10.3 Å². The molecule has 1 aliphatic heterocycles. The number of rotatable bonds is 4. The van der Waals surface area contributed by atoms with Crippen LogP contribution in [0.25, 0.3) is 0 Å². The summed E-state index contributed by atoms with van der Waals surface area (Å²) in [4.78, 5) is 6.73. The number of aromatic nitrogens is 1. The van der Waals surface area contributed by atoms with Gasteiger partial charge < -0.3 is 10.2 Å². The lowest BCUT2D eigenvalue weighted by Crippen LogP contribution is -2.20. The second-order valence-corrected chi connectivity index (χ2v) is 4.53. The highest BCUT2D eigenvalue weighted by atomic mass is 35.5. The Labute approximate surface area is 102 Å². The van der Waals surface area contributed by atoms with E-state index in [4.69, 9.17) is 11.6 Å². The third kappa shape index (κ3) is 2.66. The summed E-state index contributed by atoms with van der Waals surface area (Å²) in [5.74, 6) is 0.944. The van der Waals surface area contributed by atoms with E-state index in [0.29, 0.717) is 0 Å². The fraction of sp³-hybridized carbons (Fsp3) is 0.583. The van der Waals surface area contributed by atoms with Gasteiger partial charge in [0, 0.05) is 25.8 Å². The van der Waals surface area contributed by atoms with Crippen molar-refractivity contribution >= 4 is 17.4 Å². The number of nitrogens with one attached hydrogen (secondary N) is 1. The van der Waals surface area contributed by atoms with Crippen LogP contribution in [-0.4, -0.2) is 24.6 Å². The lowest BCUT2D eigenvalue weighted by molar-refractivity contribution is 0.724. The smallest absolute Gasteiger partial charge is 0.147 e. The molecule has 4 heteroatoms. The van der Waals surface area contributed by atoms with Crippen LogP contribution in [0.15, 0.2) is 12.3 Å². The lowest BCUT2D eigenvalue weighted by atomic mass is 10.2. The molecular formula is C12H18ClN3. The minimum absolute atomic E-state index is 0.775. The number of hydrogen-bond donors (Lipinski definition) is 1. The average Bonchev–Trinajstić information content (AvgIpc) is 2.80. The van der Waals surface area contributed by atoms with Gasteiger partial charge in [0.15, 0.2) is 0 Å². The van der Waals surface area contributed by atoms with E-state index >= 15 is 0 Å². The highest BCUT2D eigenvalue weighted by molar-refractivity contribution is 6.33. The van der Waals surface area contributed by atoms with E-state index in [1.807, 2.05) is 12.3 Å². The van der Waals surface area contributed by atoms with E-state index in [9.17, 15) is 0 Å². The number of pyridine rings is 1.